The van der Waals surface area contributed by atoms with Crippen LogP contribution in [0.1, 0.15) is 0 Å². The molecule has 0 atom stereocenters. The molecule has 0 radical (unpaired) electrons. The molecule has 0 bridgehead atoms. The van der Waals surface area contributed by atoms with Gasteiger partial charge in [0.25, 0.3) is 0 Å². The summed E-state index contributed by atoms with van der Waals surface area (Å²) in [6.07, 6.45) is 0. The fraction of sp³-hybridized carbons (Fsp3) is 0.300. The van der Waals surface area contributed by atoms with Crippen LogP contribution in [0.15, 0.2) is 58.6 Å². The van der Waals surface area contributed by atoms with E-state index >= 15 is 0 Å². The van der Waals surface area contributed by atoms with E-state index in [9.17, 15) is 13.2 Å². The number of morpholine rings is 1. The van der Waals surface area contributed by atoms with Crippen molar-refractivity contribution in [1.82, 2.24) is 24.5 Å². The van der Waals surface area contributed by atoms with Crippen molar-refractivity contribution in [3.05, 3.63) is 48.5 Å². The molecule has 1 fully saturated rings. The van der Waals surface area contributed by atoms with E-state index in [0.717, 1.165) is 17.4 Å². The molecule has 1 aromatic heterocycles. The second kappa shape index (κ2) is 10.3. The lowest BCUT2D eigenvalue weighted by Gasteiger charge is -2.26. The molecule has 11 nitrogen and oxygen atoms in total. The van der Waals surface area contributed by atoms with Gasteiger partial charge in [-0.1, -0.05) is 17.8 Å². The van der Waals surface area contributed by atoms with Crippen LogP contribution in [0.3, 0.4) is 0 Å². The van der Waals surface area contributed by atoms with Gasteiger partial charge in [-0.2, -0.15) is 8.99 Å². The van der Waals surface area contributed by atoms with Crippen molar-refractivity contribution >= 4 is 33.4 Å². The number of amides is 1. The lowest BCUT2D eigenvalue weighted by Crippen LogP contribution is -2.40. The third-order valence-electron chi connectivity index (χ3n) is 4.82. The van der Waals surface area contributed by atoms with E-state index in [2.05, 4.69) is 20.8 Å². The van der Waals surface area contributed by atoms with Crippen LogP contribution in [0.5, 0.6) is 5.75 Å². The maximum absolute atomic E-state index is 12.8. The summed E-state index contributed by atoms with van der Waals surface area (Å²) in [5.74, 6) is 0.431. The van der Waals surface area contributed by atoms with Crippen LogP contribution >= 0.6 is 11.8 Å². The van der Waals surface area contributed by atoms with E-state index in [0.29, 0.717) is 42.9 Å². The Morgan fingerprint density at radius 1 is 1.18 bits per heavy atom. The van der Waals surface area contributed by atoms with E-state index in [-0.39, 0.29) is 16.6 Å². The highest BCUT2D eigenvalue weighted by Crippen LogP contribution is 2.23. The minimum Gasteiger partial charge on any atom is -0.497 e. The number of aromatic nitrogens is 4. The number of anilines is 1. The van der Waals surface area contributed by atoms with Crippen LogP contribution in [0.4, 0.5) is 5.69 Å². The Morgan fingerprint density at radius 2 is 1.94 bits per heavy atom. The summed E-state index contributed by atoms with van der Waals surface area (Å²) >= 11 is 1.16. The molecule has 4 rings (SSSR count). The van der Waals surface area contributed by atoms with E-state index in [4.69, 9.17) is 9.47 Å². The maximum Gasteiger partial charge on any atom is 0.243 e. The first-order chi connectivity index (χ1) is 16.0. The zero-order valence-electron chi connectivity index (χ0n) is 17.7. The second-order valence-electron chi connectivity index (χ2n) is 6.95. The van der Waals surface area contributed by atoms with E-state index in [1.54, 1.807) is 43.5 Å². The zero-order valence-corrected chi connectivity index (χ0v) is 19.4. The number of sulfonamides is 1. The van der Waals surface area contributed by atoms with Crippen molar-refractivity contribution in [2.75, 3.05) is 44.5 Å². The monoisotopic (exact) mass is 490 g/mol. The molecule has 0 aliphatic carbocycles. The number of carbonyl (C=O) groups excluding carboxylic acids is 1. The number of carbonyl (C=O) groups is 1. The number of thioether (sulfide) groups is 1. The van der Waals surface area contributed by atoms with Gasteiger partial charge in [-0.05, 0) is 52.9 Å². The van der Waals surface area contributed by atoms with Crippen LogP contribution in [0.25, 0.3) is 5.69 Å². The predicted molar refractivity (Wildman–Crippen MR) is 121 cm³/mol. The summed E-state index contributed by atoms with van der Waals surface area (Å²) in [6, 6.07) is 13.4. The second-order valence-corrected chi connectivity index (χ2v) is 9.83. The number of ether oxygens (including phenoxy) is 2. The molecule has 0 saturated carbocycles. The topological polar surface area (TPSA) is 129 Å². The van der Waals surface area contributed by atoms with E-state index < -0.39 is 10.0 Å². The summed E-state index contributed by atoms with van der Waals surface area (Å²) in [5, 5.41) is 14.8. The molecule has 1 aliphatic heterocycles. The third kappa shape index (κ3) is 5.50. The Kier molecular flexibility index (Phi) is 7.23. The van der Waals surface area contributed by atoms with Crippen LogP contribution in [-0.2, 0) is 19.6 Å². The molecule has 13 heteroatoms. The van der Waals surface area contributed by atoms with Gasteiger partial charge >= 0.3 is 0 Å². The molecule has 33 heavy (non-hydrogen) atoms. The number of rotatable bonds is 8. The maximum atomic E-state index is 12.8. The third-order valence-corrected chi connectivity index (χ3v) is 7.63. The van der Waals surface area contributed by atoms with Gasteiger partial charge in [-0.3, -0.25) is 4.79 Å². The number of methoxy groups -OCH3 is 1. The van der Waals surface area contributed by atoms with Crippen molar-refractivity contribution in [3.63, 3.8) is 0 Å². The minimum absolute atomic E-state index is 0.0387. The highest BCUT2D eigenvalue weighted by atomic mass is 32.2. The number of tetrazole rings is 1. The van der Waals surface area contributed by atoms with Gasteiger partial charge in [-0.15, -0.1) is 5.10 Å². The van der Waals surface area contributed by atoms with Gasteiger partial charge < -0.3 is 14.8 Å². The SMILES string of the molecule is COc1ccc(-n2nnnc2SCC(=O)Nc2cccc(S(=O)(=O)N3CCOCC3)c2)cc1. The Balaban J connectivity index is 1.39. The molecule has 1 aliphatic rings. The molecule has 174 valence electrons. The molecule has 0 spiro atoms. The van der Waals surface area contributed by atoms with Crippen molar-refractivity contribution < 1.29 is 22.7 Å². The Labute approximate surface area is 195 Å². The molecule has 1 amide bonds. The van der Waals surface area contributed by atoms with Gasteiger partial charge in [0, 0.05) is 18.8 Å². The first kappa shape index (κ1) is 23.2. The average molecular weight is 491 g/mol. The largest absolute Gasteiger partial charge is 0.497 e. The van der Waals surface area contributed by atoms with Crippen molar-refractivity contribution in [2.45, 2.75) is 10.1 Å². The molecule has 2 aromatic carbocycles. The first-order valence-electron chi connectivity index (χ1n) is 10.0. The Hall–Kier alpha value is -3.00. The number of nitrogens with zero attached hydrogens (tertiary/aromatic N) is 5. The molecular weight excluding hydrogens is 468 g/mol. The van der Waals surface area contributed by atoms with Crippen LogP contribution in [-0.4, -0.2) is 78.0 Å². The fourth-order valence-electron chi connectivity index (χ4n) is 3.15. The molecular formula is C20H22N6O5S2. The summed E-state index contributed by atoms with van der Waals surface area (Å²) < 4.78 is 39.0. The van der Waals surface area contributed by atoms with Gasteiger partial charge in [0.05, 0.1) is 36.7 Å². The lowest BCUT2D eigenvalue weighted by atomic mass is 10.3. The minimum atomic E-state index is -3.65. The van der Waals surface area contributed by atoms with Crippen LogP contribution in [0, 0.1) is 0 Å². The van der Waals surface area contributed by atoms with Gasteiger partial charge in [0.2, 0.25) is 21.1 Å². The normalized spacial score (nSPS) is 14.7. The fourth-order valence-corrected chi connectivity index (χ4v) is 5.30. The van der Waals surface area contributed by atoms with Crippen LogP contribution < -0.4 is 10.1 Å². The average Bonchev–Trinajstić information content (AvgIpc) is 3.32. The number of nitrogens with one attached hydrogen (secondary N) is 1. The predicted octanol–water partition coefficient (Wildman–Crippen LogP) is 1.42. The van der Waals surface area contributed by atoms with Crippen molar-refractivity contribution in [3.8, 4) is 11.4 Å². The molecule has 0 unspecified atom stereocenters. The summed E-state index contributed by atoms with van der Waals surface area (Å²) in [4.78, 5) is 12.6. The first-order valence-corrected chi connectivity index (χ1v) is 12.4. The Bertz CT molecular complexity index is 1210. The molecule has 1 N–H and O–H groups in total. The smallest absolute Gasteiger partial charge is 0.243 e. The van der Waals surface area contributed by atoms with E-state index in [1.807, 2.05) is 0 Å². The van der Waals surface area contributed by atoms with Gasteiger partial charge in [0.15, 0.2) is 0 Å². The van der Waals surface area contributed by atoms with Gasteiger partial charge in [-0.25, -0.2) is 8.42 Å². The van der Waals surface area contributed by atoms with E-state index in [1.165, 1.54) is 21.1 Å². The van der Waals surface area contributed by atoms with Crippen molar-refractivity contribution in [1.29, 1.82) is 0 Å². The van der Waals surface area contributed by atoms with Gasteiger partial charge in [0.1, 0.15) is 5.75 Å². The number of hydrogen-bond acceptors (Lipinski definition) is 9. The standard InChI is InChI=1S/C20H22N6O5S2/c1-30-17-7-5-16(6-8-17)26-20(22-23-24-26)32-14-19(27)21-15-3-2-4-18(13-15)33(28,29)25-9-11-31-12-10-25/h2-8,13H,9-12,14H2,1H3,(H,21,27). The molecule has 1 saturated heterocycles. The highest BCUT2D eigenvalue weighted by Gasteiger charge is 2.26. The molecule has 3 aromatic rings. The summed E-state index contributed by atoms with van der Waals surface area (Å²) in [6.45, 7) is 1.34. The van der Waals surface area contributed by atoms with Crippen LogP contribution in [0.2, 0.25) is 0 Å². The zero-order chi connectivity index (χ0) is 23.3. The quantitative estimate of drug-likeness (QED) is 0.466. The lowest BCUT2D eigenvalue weighted by molar-refractivity contribution is -0.113. The summed E-state index contributed by atoms with van der Waals surface area (Å²) in [7, 11) is -2.07. The Morgan fingerprint density at radius 3 is 2.67 bits per heavy atom. The number of hydrogen-bond donors (Lipinski definition) is 1. The number of benzene rings is 2. The molecule has 2 heterocycles. The van der Waals surface area contributed by atoms with Crippen molar-refractivity contribution in [2.24, 2.45) is 0 Å². The highest BCUT2D eigenvalue weighted by molar-refractivity contribution is 7.99. The summed E-state index contributed by atoms with van der Waals surface area (Å²) in [5.41, 5.74) is 1.12.